The minimum Gasteiger partial charge on any atom is -0.493 e. The Labute approximate surface area is 140 Å². The second-order valence-corrected chi connectivity index (χ2v) is 6.80. The van der Waals surface area contributed by atoms with E-state index < -0.39 is 0 Å². The van der Waals surface area contributed by atoms with Crippen molar-refractivity contribution >= 4 is 31.9 Å². The average Bonchev–Trinajstić information content (AvgIpc) is 2.89. The Balaban J connectivity index is 2.13. The largest absolute Gasteiger partial charge is 0.493 e. The van der Waals surface area contributed by atoms with E-state index in [9.17, 15) is 4.39 Å². The molecule has 0 radical (unpaired) electrons. The molecular formula is C16H14Br2FNO. The number of hydrogen-bond acceptors (Lipinski definition) is 2. The topological polar surface area (TPSA) is 21.3 Å². The van der Waals surface area contributed by atoms with Crippen LogP contribution in [0.15, 0.2) is 39.3 Å². The molecule has 0 fully saturated rings. The maximum absolute atomic E-state index is 14.3. The molecule has 2 nitrogen and oxygen atoms in total. The summed E-state index contributed by atoms with van der Waals surface area (Å²) in [6.07, 6.45) is 0.890. The van der Waals surface area contributed by atoms with E-state index >= 15 is 0 Å². The van der Waals surface area contributed by atoms with Crippen LogP contribution >= 0.6 is 31.9 Å². The Hall–Kier alpha value is -0.910. The minimum absolute atomic E-state index is 0.240. The molecule has 0 saturated heterocycles. The fourth-order valence-corrected chi connectivity index (χ4v) is 3.58. The van der Waals surface area contributed by atoms with Crippen LogP contribution in [0, 0.1) is 5.82 Å². The van der Waals surface area contributed by atoms with Gasteiger partial charge in [0.1, 0.15) is 11.6 Å². The van der Waals surface area contributed by atoms with Crippen molar-refractivity contribution in [2.45, 2.75) is 12.5 Å². The molecular weight excluding hydrogens is 401 g/mol. The van der Waals surface area contributed by atoms with Gasteiger partial charge in [0.2, 0.25) is 0 Å². The summed E-state index contributed by atoms with van der Waals surface area (Å²) in [5.41, 5.74) is 2.73. The quantitative estimate of drug-likeness (QED) is 0.792. The van der Waals surface area contributed by atoms with Crippen molar-refractivity contribution in [2.24, 2.45) is 0 Å². The van der Waals surface area contributed by atoms with Gasteiger partial charge in [-0.15, -0.1) is 0 Å². The molecule has 0 bridgehead atoms. The van der Waals surface area contributed by atoms with Crippen LogP contribution in [0.3, 0.4) is 0 Å². The molecule has 1 N–H and O–H groups in total. The van der Waals surface area contributed by atoms with Crippen molar-refractivity contribution in [2.75, 3.05) is 13.7 Å². The van der Waals surface area contributed by atoms with Gasteiger partial charge in [-0.1, -0.05) is 37.9 Å². The first-order valence-electron chi connectivity index (χ1n) is 6.67. The molecule has 2 aromatic carbocycles. The van der Waals surface area contributed by atoms with Crippen molar-refractivity contribution in [1.82, 2.24) is 5.32 Å². The molecule has 0 amide bonds. The lowest BCUT2D eigenvalue weighted by molar-refractivity contribution is 0.350. The van der Waals surface area contributed by atoms with Crippen LogP contribution in [0.4, 0.5) is 4.39 Å². The Bertz CT molecular complexity index is 690. The molecule has 1 unspecified atom stereocenters. The minimum atomic E-state index is -0.248. The van der Waals surface area contributed by atoms with Crippen molar-refractivity contribution in [3.63, 3.8) is 0 Å². The van der Waals surface area contributed by atoms with Crippen molar-refractivity contribution in [3.8, 4) is 5.75 Å². The average molecular weight is 415 g/mol. The number of hydrogen-bond donors (Lipinski definition) is 1. The Morgan fingerprint density at radius 1 is 1.14 bits per heavy atom. The maximum atomic E-state index is 14.3. The lowest BCUT2D eigenvalue weighted by Gasteiger charge is -2.21. The molecule has 0 saturated carbocycles. The Kier molecular flexibility index (Phi) is 4.33. The van der Waals surface area contributed by atoms with E-state index in [0.29, 0.717) is 12.2 Å². The normalized spacial score (nSPS) is 14.7. The highest BCUT2D eigenvalue weighted by Gasteiger charge is 2.25. The summed E-state index contributed by atoms with van der Waals surface area (Å²) in [6.45, 7) is 0.679. The van der Waals surface area contributed by atoms with Gasteiger partial charge in [-0.05, 0) is 36.9 Å². The standard InChI is InChI=1S/C16H14Br2FNO/c1-20-15(12-3-2-10(17)8-14(12)19)13-7-11(18)6-9-4-5-21-16(9)13/h2-3,6-8,15,20H,4-5H2,1H3. The molecule has 1 aliphatic heterocycles. The van der Waals surface area contributed by atoms with Gasteiger partial charge in [0.25, 0.3) is 0 Å². The van der Waals surface area contributed by atoms with E-state index in [2.05, 4.69) is 43.2 Å². The lowest BCUT2D eigenvalue weighted by atomic mass is 9.95. The van der Waals surface area contributed by atoms with E-state index in [0.717, 1.165) is 32.2 Å². The van der Waals surface area contributed by atoms with E-state index in [1.165, 1.54) is 6.07 Å². The van der Waals surface area contributed by atoms with Gasteiger partial charge < -0.3 is 10.1 Å². The third-order valence-corrected chi connectivity index (χ3v) is 4.60. The molecule has 0 aromatic heterocycles. The van der Waals surface area contributed by atoms with Crippen molar-refractivity contribution in [1.29, 1.82) is 0 Å². The number of nitrogens with one attached hydrogen (secondary N) is 1. The third-order valence-electron chi connectivity index (χ3n) is 3.65. The van der Waals surface area contributed by atoms with Gasteiger partial charge in [-0.3, -0.25) is 0 Å². The van der Waals surface area contributed by atoms with Crippen LogP contribution in [-0.2, 0) is 6.42 Å². The third kappa shape index (κ3) is 2.87. The molecule has 1 heterocycles. The van der Waals surface area contributed by atoms with E-state index in [1.807, 2.05) is 19.2 Å². The number of halogens is 3. The van der Waals surface area contributed by atoms with Crippen molar-refractivity contribution < 1.29 is 9.13 Å². The summed E-state index contributed by atoms with van der Waals surface area (Å²) < 4.78 is 21.8. The molecule has 0 aliphatic carbocycles. The lowest BCUT2D eigenvalue weighted by Crippen LogP contribution is -2.19. The number of rotatable bonds is 3. The first-order valence-corrected chi connectivity index (χ1v) is 8.26. The Morgan fingerprint density at radius 3 is 2.67 bits per heavy atom. The van der Waals surface area contributed by atoms with Gasteiger partial charge in [-0.2, -0.15) is 0 Å². The van der Waals surface area contributed by atoms with Crippen LogP contribution < -0.4 is 10.1 Å². The molecule has 1 aliphatic rings. The Morgan fingerprint density at radius 2 is 1.95 bits per heavy atom. The van der Waals surface area contributed by atoms with Gasteiger partial charge in [0, 0.05) is 26.5 Å². The SMILES string of the molecule is CNC(c1ccc(Br)cc1F)c1cc(Br)cc2c1OCC2. The number of ether oxygens (including phenoxy) is 1. The number of benzene rings is 2. The van der Waals surface area contributed by atoms with Crippen molar-refractivity contribution in [3.05, 3.63) is 61.8 Å². The zero-order chi connectivity index (χ0) is 15.0. The smallest absolute Gasteiger partial charge is 0.129 e. The summed E-state index contributed by atoms with van der Waals surface area (Å²) >= 11 is 6.82. The predicted octanol–water partition coefficient (Wildman–Crippen LogP) is 4.59. The highest BCUT2D eigenvalue weighted by atomic mass is 79.9. The second kappa shape index (κ2) is 6.07. The van der Waals surface area contributed by atoms with Crippen LogP contribution in [0.25, 0.3) is 0 Å². The molecule has 0 spiro atoms. The predicted molar refractivity (Wildman–Crippen MR) is 88.3 cm³/mol. The zero-order valence-corrected chi connectivity index (χ0v) is 14.6. The van der Waals surface area contributed by atoms with Crippen LogP contribution in [-0.4, -0.2) is 13.7 Å². The summed E-state index contributed by atoms with van der Waals surface area (Å²) in [6, 6.07) is 8.94. The molecule has 110 valence electrons. The maximum Gasteiger partial charge on any atom is 0.129 e. The fraction of sp³-hybridized carbons (Fsp3) is 0.250. The van der Waals surface area contributed by atoms with Gasteiger partial charge in [0.15, 0.2) is 0 Å². The molecule has 5 heteroatoms. The monoisotopic (exact) mass is 413 g/mol. The number of fused-ring (bicyclic) bond motifs is 1. The van der Waals surface area contributed by atoms with E-state index in [4.69, 9.17) is 4.74 Å². The van der Waals surface area contributed by atoms with Crippen LogP contribution in [0.5, 0.6) is 5.75 Å². The van der Waals surface area contributed by atoms with E-state index in [1.54, 1.807) is 6.07 Å². The summed E-state index contributed by atoms with van der Waals surface area (Å²) in [5, 5.41) is 3.20. The van der Waals surface area contributed by atoms with Crippen LogP contribution in [0.2, 0.25) is 0 Å². The van der Waals surface area contributed by atoms with Gasteiger partial charge >= 0.3 is 0 Å². The molecule has 2 aromatic rings. The highest BCUT2D eigenvalue weighted by Crippen LogP contribution is 2.39. The zero-order valence-electron chi connectivity index (χ0n) is 11.4. The highest BCUT2D eigenvalue weighted by molar-refractivity contribution is 9.10. The summed E-state index contributed by atoms with van der Waals surface area (Å²) in [7, 11) is 1.83. The molecule has 3 rings (SSSR count). The van der Waals surface area contributed by atoms with E-state index in [-0.39, 0.29) is 11.9 Å². The molecule has 1 atom stereocenters. The fourth-order valence-electron chi connectivity index (χ4n) is 2.73. The van der Waals surface area contributed by atoms with Crippen LogP contribution in [0.1, 0.15) is 22.7 Å². The first-order chi connectivity index (χ1) is 10.1. The second-order valence-electron chi connectivity index (χ2n) is 4.97. The van der Waals surface area contributed by atoms with Gasteiger partial charge in [0.05, 0.1) is 12.6 Å². The summed E-state index contributed by atoms with van der Waals surface area (Å²) in [5.74, 6) is 0.635. The first kappa shape index (κ1) is 15.0. The molecule has 21 heavy (non-hydrogen) atoms. The summed E-state index contributed by atoms with van der Waals surface area (Å²) in [4.78, 5) is 0. The van der Waals surface area contributed by atoms with Gasteiger partial charge in [-0.25, -0.2) is 4.39 Å².